The van der Waals surface area contributed by atoms with Gasteiger partial charge in [-0.3, -0.25) is 9.59 Å². The highest BCUT2D eigenvalue weighted by molar-refractivity contribution is 7.89. The van der Waals surface area contributed by atoms with E-state index in [1.807, 2.05) is 13.8 Å². The number of amides is 1. The first-order valence-electron chi connectivity index (χ1n) is 8.02. The van der Waals surface area contributed by atoms with Gasteiger partial charge in [0.2, 0.25) is 15.9 Å². The van der Waals surface area contributed by atoms with E-state index < -0.39 is 15.6 Å². The van der Waals surface area contributed by atoms with Crippen LogP contribution < -0.4 is 10.3 Å². The Labute approximate surface area is 166 Å². The van der Waals surface area contributed by atoms with Crippen molar-refractivity contribution < 1.29 is 13.2 Å². The molecule has 0 aliphatic rings. The van der Waals surface area contributed by atoms with Crippen molar-refractivity contribution in [2.75, 3.05) is 19.6 Å². The van der Waals surface area contributed by atoms with Gasteiger partial charge >= 0.3 is 0 Å². The number of carbonyl (C=O) groups excluding carboxylic acids is 1. The smallest absolute Gasteiger partial charge is 0.291 e. The second-order valence-corrected chi connectivity index (χ2v) is 7.96. The van der Waals surface area contributed by atoms with Crippen LogP contribution in [0.25, 0.3) is 5.69 Å². The predicted octanol–water partition coefficient (Wildman–Crippen LogP) is 1.69. The SMILES string of the molecule is CCN(CC)C(=O)CNS(=O)(=O)c1ccc(-n2ncc(Cl)c(Cl)c2=O)cc1. The highest BCUT2D eigenvalue weighted by atomic mass is 35.5. The third kappa shape index (κ3) is 4.86. The zero-order valence-corrected chi connectivity index (χ0v) is 17.0. The number of hydrogen-bond donors (Lipinski definition) is 1. The molecule has 0 unspecified atom stereocenters. The standard InChI is InChI=1S/C16H18Cl2N4O4S/c1-3-21(4-2)14(23)10-20-27(25,26)12-7-5-11(6-8-12)22-16(24)15(18)13(17)9-19-22/h5-9,20H,3-4,10H2,1-2H3. The fourth-order valence-electron chi connectivity index (χ4n) is 2.29. The molecule has 8 nitrogen and oxygen atoms in total. The fourth-order valence-corrected chi connectivity index (χ4v) is 3.52. The molecule has 1 heterocycles. The molecule has 1 aromatic heterocycles. The van der Waals surface area contributed by atoms with Crippen LogP contribution in [0.4, 0.5) is 0 Å². The summed E-state index contributed by atoms with van der Waals surface area (Å²) in [6.45, 7) is 4.29. The molecule has 0 saturated carbocycles. The Kier molecular flexibility index (Phi) is 6.99. The monoisotopic (exact) mass is 432 g/mol. The number of nitrogens with one attached hydrogen (secondary N) is 1. The number of nitrogens with zero attached hydrogens (tertiary/aromatic N) is 3. The molecule has 0 spiro atoms. The maximum Gasteiger partial charge on any atom is 0.291 e. The Balaban J connectivity index is 2.20. The molecule has 1 N–H and O–H groups in total. The first kappa shape index (κ1) is 21.4. The Hall–Kier alpha value is -1.94. The molecule has 27 heavy (non-hydrogen) atoms. The molecule has 0 atom stereocenters. The minimum Gasteiger partial charge on any atom is -0.342 e. The lowest BCUT2D eigenvalue weighted by molar-refractivity contribution is -0.129. The molecule has 0 radical (unpaired) electrons. The van der Waals surface area contributed by atoms with Gasteiger partial charge in [0.1, 0.15) is 5.02 Å². The minimum atomic E-state index is -3.88. The maximum absolute atomic E-state index is 12.3. The number of halogens is 2. The number of aromatic nitrogens is 2. The van der Waals surface area contributed by atoms with E-state index in [0.717, 1.165) is 4.68 Å². The van der Waals surface area contributed by atoms with Crippen LogP contribution in [0.15, 0.2) is 40.2 Å². The van der Waals surface area contributed by atoms with Gasteiger partial charge in [0.25, 0.3) is 5.56 Å². The Morgan fingerprint density at radius 2 is 1.78 bits per heavy atom. The molecule has 0 bridgehead atoms. The van der Waals surface area contributed by atoms with Crippen LogP contribution in [0.3, 0.4) is 0 Å². The summed E-state index contributed by atoms with van der Waals surface area (Å²) in [6.07, 6.45) is 1.22. The van der Waals surface area contributed by atoms with Gasteiger partial charge in [0, 0.05) is 13.1 Å². The average molecular weight is 433 g/mol. The number of benzene rings is 1. The third-order valence-electron chi connectivity index (χ3n) is 3.80. The van der Waals surface area contributed by atoms with Gasteiger partial charge in [0.15, 0.2) is 0 Å². The summed E-state index contributed by atoms with van der Waals surface area (Å²) in [6, 6.07) is 5.41. The molecular formula is C16H18Cl2N4O4S. The molecule has 2 aromatic rings. The van der Waals surface area contributed by atoms with Crippen LogP contribution in [-0.4, -0.2) is 48.6 Å². The topological polar surface area (TPSA) is 101 Å². The Morgan fingerprint density at radius 3 is 2.33 bits per heavy atom. The molecule has 0 saturated heterocycles. The molecule has 0 aliphatic heterocycles. The average Bonchev–Trinajstić information content (AvgIpc) is 2.66. The minimum absolute atomic E-state index is 0.0270. The lowest BCUT2D eigenvalue weighted by Crippen LogP contribution is -2.39. The van der Waals surface area contributed by atoms with Gasteiger partial charge < -0.3 is 4.90 Å². The van der Waals surface area contributed by atoms with E-state index in [-0.39, 0.29) is 27.4 Å². The van der Waals surface area contributed by atoms with Crippen LogP contribution in [0.1, 0.15) is 13.8 Å². The van der Waals surface area contributed by atoms with Gasteiger partial charge in [-0.05, 0) is 38.1 Å². The van der Waals surface area contributed by atoms with Crippen LogP contribution in [0.5, 0.6) is 0 Å². The van der Waals surface area contributed by atoms with Gasteiger partial charge in [-0.15, -0.1) is 0 Å². The van der Waals surface area contributed by atoms with E-state index in [2.05, 4.69) is 9.82 Å². The number of likely N-dealkylation sites (N-methyl/N-ethyl adjacent to an activating group) is 1. The van der Waals surface area contributed by atoms with Crippen molar-refractivity contribution in [3.8, 4) is 5.69 Å². The van der Waals surface area contributed by atoms with E-state index in [9.17, 15) is 18.0 Å². The lowest BCUT2D eigenvalue weighted by Gasteiger charge is -2.18. The first-order chi connectivity index (χ1) is 12.7. The molecule has 11 heteroatoms. The largest absolute Gasteiger partial charge is 0.342 e. The third-order valence-corrected chi connectivity index (χ3v) is 5.96. The predicted molar refractivity (Wildman–Crippen MR) is 103 cm³/mol. The molecule has 146 valence electrons. The van der Waals surface area contributed by atoms with Crippen molar-refractivity contribution >= 4 is 39.1 Å². The molecule has 2 rings (SSSR count). The van der Waals surface area contributed by atoms with Gasteiger partial charge in [-0.25, -0.2) is 13.1 Å². The normalized spacial score (nSPS) is 11.4. The van der Waals surface area contributed by atoms with Crippen molar-refractivity contribution in [3.63, 3.8) is 0 Å². The molecule has 1 amide bonds. The summed E-state index contributed by atoms with van der Waals surface area (Å²) in [5, 5.41) is 3.72. The number of carbonyl (C=O) groups is 1. The summed E-state index contributed by atoms with van der Waals surface area (Å²) < 4.78 is 28.0. The molecular weight excluding hydrogens is 415 g/mol. The van der Waals surface area contributed by atoms with Crippen LogP contribution in [0.2, 0.25) is 10.0 Å². The van der Waals surface area contributed by atoms with E-state index >= 15 is 0 Å². The van der Waals surface area contributed by atoms with Crippen molar-refractivity contribution in [2.45, 2.75) is 18.7 Å². The first-order valence-corrected chi connectivity index (χ1v) is 10.3. The highest BCUT2D eigenvalue weighted by Gasteiger charge is 2.18. The van der Waals surface area contributed by atoms with Gasteiger partial charge in [-0.2, -0.15) is 9.78 Å². The van der Waals surface area contributed by atoms with Crippen molar-refractivity contribution in [1.82, 2.24) is 19.4 Å². The summed E-state index contributed by atoms with van der Waals surface area (Å²) >= 11 is 11.5. The van der Waals surface area contributed by atoms with Crippen LogP contribution >= 0.6 is 23.2 Å². The molecule has 1 aromatic carbocycles. The Bertz CT molecular complexity index is 986. The quantitative estimate of drug-likeness (QED) is 0.716. The summed E-state index contributed by atoms with van der Waals surface area (Å²) in [7, 11) is -3.88. The van der Waals surface area contributed by atoms with E-state index in [1.165, 1.54) is 35.4 Å². The second-order valence-electron chi connectivity index (χ2n) is 5.41. The van der Waals surface area contributed by atoms with Crippen molar-refractivity contribution in [3.05, 3.63) is 50.9 Å². The maximum atomic E-state index is 12.3. The lowest BCUT2D eigenvalue weighted by atomic mass is 10.3. The fraction of sp³-hybridized carbons (Fsp3) is 0.312. The zero-order valence-electron chi connectivity index (χ0n) is 14.6. The van der Waals surface area contributed by atoms with Gasteiger partial charge in [0.05, 0.1) is 28.3 Å². The van der Waals surface area contributed by atoms with E-state index in [4.69, 9.17) is 23.2 Å². The molecule has 0 aliphatic carbocycles. The Morgan fingerprint density at radius 1 is 1.19 bits per heavy atom. The summed E-state index contributed by atoms with van der Waals surface area (Å²) in [5.74, 6) is -0.313. The van der Waals surface area contributed by atoms with Crippen molar-refractivity contribution in [2.24, 2.45) is 0 Å². The number of rotatable bonds is 7. The van der Waals surface area contributed by atoms with Gasteiger partial charge in [-0.1, -0.05) is 23.2 Å². The second kappa shape index (κ2) is 8.83. The summed E-state index contributed by atoms with van der Waals surface area (Å²) in [5.41, 5.74) is -0.306. The van der Waals surface area contributed by atoms with E-state index in [0.29, 0.717) is 18.8 Å². The number of hydrogen-bond acceptors (Lipinski definition) is 5. The zero-order chi connectivity index (χ0) is 20.2. The highest BCUT2D eigenvalue weighted by Crippen LogP contribution is 2.17. The van der Waals surface area contributed by atoms with Crippen molar-refractivity contribution in [1.29, 1.82) is 0 Å². The number of sulfonamides is 1. The van der Waals surface area contributed by atoms with E-state index in [1.54, 1.807) is 0 Å². The van der Waals surface area contributed by atoms with Crippen LogP contribution in [0, 0.1) is 0 Å². The van der Waals surface area contributed by atoms with Crippen LogP contribution in [-0.2, 0) is 14.8 Å². The molecule has 0 fully saturated rings. The summed E-state index contributed by atoms with van der Waals surface area (Å²) in [4.78, 5) is 25.5.